The minimum atomic E-state index is -0.674. The van der Waals surface area contributed by atoms with Gasteiger partial charge in [0.05, 0.1) is 0 Å². The molecule has 168 valence electrons. The Morgan fingerprint density at radius 2 is 1.80 bits per heavy atom. The Labute approximate surface area is 182 Å². The summed E-state index contributed by atoms with van der Waals surface area (Å²) in [6.45, 7) is 7.88. The molecule has 1 unspecified atom stereocenters. The van der Waals surface area contributed by atoms with Crippen LogP contribution in [0.4, 0.5) is 5.69 Å². The standard InChI is InChI=1S/C25H40N2O3/c1-3-19-30-25(15-7-4-5-8-16-25)24(28)26-22-11-13-23(14-12-22)29-20-18-27-17-9-6-10-21(27)2/h11-14,21H,3-10,15-20H2,1-2H3,(H,26,28). The number of ether oxygens (including phenoxy) is 2. The third-order valence-electron chi connectivity index (χ3n) is 6.61. The molecule has 0 bridgehead atoms. The summed E-state index contributed by atoms with van der Waals surface area (Å²) in [6.07, 6.45) is 11.0. The molecule has 0 aromatic heterocycles. The third kappa shape index (κ3) is 6.45. The van der Waals surface area contributed by atoms with Crippen LogP contribution in [-0.2, 0) is 9.53 Å². The first-order valence-corrected chi connectivity index (χ1v) is 12.1. The number of carbonyl (C=O) groups is 1. The second-order valence-electron chi connectivity index (χ2n) is 8.96. The van der Waals surface area contributed by atoms with E-state index in [4.69, 9.17) is 9.47 Å². The molecule has 3 rings (SSSR count). The van der Waals surface area contributed by atoms with Gasteiger partial charge in [0.2, 0.25) is 0 Å². The van der Waals surface area contributed by atoms with Crippen LogP contribution in [0, 0.1) is 0 Å². The number of amides is 1. The Hall–Kier alpha value is -1.59. The largest absolute Gasteiger partial charge is 0.492 e. The van der Waals surface area contributed by atoms with Crippen LogP contribution in [0.2, 0.25) is 0 Å². The van der Waals surface area contributed by atoms with Gasteiger partial charge in [0, 0.05) is 24.9 Å². The van der Waals surface area contributed by atoms with Crippen molar-refractivity contribution < 1.29 is 14.3 Å². The summed E-state index contributed by atoms with van der Waals surface area (Å²) in [4.78, 5) is 15.7. The van der Waals surface area contributed by atoms with Crippen LogP contribution in [0.3, 0.4) is 0 Å². The van der Waals surface area contributed by atoms with E-state index >= 15 is 0 Å². The molecule has 1 aliphatic carbocycles. The first kappa shape index (κ1) is 23.1. The van der Waals surface area contributed by atoms with Crippen LogP contribution >= 0.6 is 0 Å². The normalized spacial score (nSPS) is 22.3. The number of anilines is 1. The lowest BCUT2D eigenvalue weighted by molar-refractivity contribution is -0.143. The van der Waals surface area contributed by atoms with Crippen molar-refractivity contribution in [2.24, 2.45) is 0 Å². The molecule has 1 amide bonds. The molecule has 1 N–H and O–H groups in total. The van der Waals surface area contributed by atoms with Crippen molar-refractivity contribution in [3.63, 3.8) is 0 Å². The topological polar surface area (TPSA) is 50.8 Å². The van der Waals surface area contributed by atoms with Crippen LogP contribution < -0.4 is 10.1 Å². The van der Waals surface area contributed by atoms with Crippen LogP contribution in [-0.4, -0.2) is 48.8 Å². The highest BCUT2D eigenvalue weighted by molar-refractivity contribution is 5.97. The number of nitrogens with one attached hydrogen (secondary N) is 1. The van der Waals surface area contributed by atoms with Gasteiger partial charge in [-0.1, -0.05) is 39.0 Å². The van der Waals surface area contributed by atoms with Gasteiger partial charge in [-0.05, 0) is 69.8 Å². The number of likely N-dealkylation sites (tertiary alicyclic amines) is 1. The van der Waals surface area contributed by atoms with E-state index in [1.807, 2.05) is 24.3 Å². The predicted octanol–water partition coefficient (Wildman–Crippen LogP) is 5.40. The maximum absolute atomic E-state index is 13.1. The van der Waals surface area contributed by atoms with Crippen LogP contribution in [0.25, 0.3) is 0 Å². The molecule has 5 nitrogen and oxygen atoms in total. The van der Waals surface area contributed by atoms with Crippen LogP contribution in [0.15, 0.2) is 24.3 Å². The quantitative estimate of drug-likeness (QED) is 0.548. The van der Waals surface area contributed by atoms with E-state index in [2.05, 4.69) is 24.1 Å². The number of piperidine rings is 1. The van der Waals surface area contributed by atoms with Gasteiger partial charge in [-0.3, -0.25) is 9.69 Å². The zero-order chi connectivity index (χ0) is 21.2. The van der Waals surface area contributed by atoms with E-state index in [1.165, 1.54) is 38.6 Å². The summed E-state index contributed by atoms with van der Waals surface area (Å²) in [5.41, 5.74) is 0.132. The molecule has 1 heterocycles. The molecule has 1 atom stereocenters. The van der Waals surface area contributed by atoms with E-state index < -0.39 is 5.60 Å². The molecule has 2 aliphatic rings. The van der Waals surface area contributed by atoms with Crippen molar-refractivity contribution in [2.75, 3.05) is 31.6 Å². The first-order chi connectivity index (χ1) is 14.6. The van der Waals surface area contributed by atoms with Gasteiger partial charge in [0.1, 0.15) is 18.0 Å². The van der Waals surface area contributed by atoms with E-state index in [-0.39, 0.29) is 5.91 Å². The third-order valence-corrected chi connectivity index (χ3v) is 6.61. The fourth-order valence-corrected chi connectivity index (χ4v) is 4.68. The fraction of sp³-hybridized carbons (Fsp3) is 0.720. The van der Waals surface area contributed by atoms with Gasteiger partial charge in [0.25, 0.3) is 5.91 Å². The fourth-order valence-electron chi connectivity index (χ4n) is 4.68. The number of nitrogens with zero attached hydrogens (tertiary/aromatic N) is 1. The summed E-state index contributed by atoms with van der Waals surface area (Å²) in [6, 6.07) is 8.41. The Balaban J connectivity index is 1.51. The monoisotopic (exact) mass is 416 g/mol. The number of carbonyl (C=O) groups excluding carboxylic acids is 1. The second kappa shape index (κ2) is 11.7. The summed E-state index contributed by atoms with van der Waals surface area (Å²) in [7, 11) is 0. The number of hydrogen-bond acceptors (Lipinski definition) is 4. The highest BCUT2D eigenvalue weighted by Gasteiger charge is 2.39. The average molecular weight is 417 g/mol. The van der Waals surface area contributed by atoms with Gasteiger partial charge >= 0.3 is 0 Å². The highest BCUT2D eigenvalue weighted by atomic mass is 16.5. The van der Waals surface area contributed by atoms with Gasteiger partial charge in [-0.15, -0.1) is 0 Å². The molecule has 0 radical (unpaired) electrons. The van der Waals surface area contributed by atoms with Crippen LogP contribution in [0.5, 0.6) is 5.75 Å². The zero-order valence-electron chi connectivity index (χ0n) is 19.0. The van der Waals surface area contributed by atoms with Crippen molar-refractivity contribution in [1.29, 1.82) is 0 Å². The van der Waals surface area contributed by atoms with Gasteiger partial charge in [-0.2, -0.15) is 0 Å². The van der Waals surface area contributed by atoms with Crippen molar-refractivity contribution >= 4 is 11.6 Å². The Morgan fingerprint density at radius 1 is 1.07 bits per heavy atom. The van der Waals surface area contributed by atoms with E-state index in [9.17, 15) is 4.79 Å². The molecule has 5 heteroatoms. The summed E-state index contributed by atoms with van der Waals surface area (Å²) < 4.78 is 12.1. The predicted molar refractivity (Wildman–Crippen MR) is 122 cm³/mol. The van der Waals surface area contributed by atoms with E-state index in [1.54, 1.807) is 0 Å². The molecule has 1 saturated heterocycles. The van der Waals surface area contributed by atoms with Gasteiger partial charge in [-0.25, -0.2) is 0 Å². The van der Waals surface area contributed by atoms with E-state index in [0.29, 0.717) is 19.3 Å². The summed E-state index contributed by atoms with van der Waals surface area (Å²) in [5.74, 6) is 0.856. The molecule has 2 fully saturated rings. The number of rotatable bonds is 9. The Bertz CT molecular complexity index is 638. The van der Waals surface area contributed by atoms with Crippen molar-refractivity contribution in [2.45, 2.75) is 89.7 Å². The SMILES string of the molecule is CCCOC1(C(=O)Nc2ccc(OCCN3CCCCC3C)cc2)CCCCCC1. The maximum atomic E-state index is 13.1. The molecule has 30 heavy (non-hydrogen) atoms. The molecule has 0 spiro atoms. The lowest BCUT2D eigenvalue weighted by Gasteiger charge is -2.33. The molecule has 1 aromatic carbocycles. The van der Waals surface area contributed by atoms with Crippen molar-refractivity contribution in [3.8, 4) is 5.75 Å². The van der Waals surface area contributed by atoms with Crippen LogP contribution in [0.1, 0.15) is 78.1 Å². The minimum Gasteiger partial charge on any atom is -0.492 e. The lowest BCUT2D eigenvalue weighted by atomic mass is 9.92. The molecule has 1 aliphatic heterocycles. The number of benzene rings is 1. The second-order valence-corrected chi connectivity index (χ2v) is 8.96. The zero-order valence-corrected chi connectivity index (χ0v) is 19.0. The Morgan fingerprint density at radius 3 is 2.47 bits per heavy atom. The van der Waals surface area contributed by atoms with Crippen molar-refractivity contribution in [3.05, 3.63) is 24.3 Å². The lowest BCUT2D eigenvalue weighted by Crippen LogP contribution is -2.45. The maximum Gasteiger partial charge on any atom is 0.256 e. The minimum absolute atomic E-state index is 0.00519. The van der Waals surface area contributed by atoms with Gasteiger partial charge < -0.3 is 14.8 Å². The van der Waals surface area contributed by atoms with E-state index in [0.717, 1.165) is 50.1 Å². The average Bonchev–Trinajstić information content (AvgIpc) is 3.01. The molecule has 1 aromatic rings. The summed E-state index contributed by atoms with van der Waals surface area (Å²) in [5, 5.41) is 3.10. The molecular weight excluding hydrogens is 376 g/mol. The van der Waals surface area contributed by atoms with Gasteiger partial charge in [0.15, 0.2) is 0 Å². The summed E-state index contributed by atoms with van der Waals surface area (Å²) >= 11 is 0. The Kier molecular flexibility index (Phi) is 9.01. The first-order valence-electron chi connectivity index (χ1n) is 12.1. The molecule has 1 saturated carbocycles. The van der Waals surface area contributed by atoms with Crippen molar-refractivity contribution in [1.82, 2.24) is 4.90 Å². The smallest absolute Gasteiger partial charge is 0.256 e. The number of hydrogen-bond donors (Lipinski definition) is 1. The highest BCUT2D eigenvalue weighted by Crippen LogP contribution is 2.32. The molecular formula is C25H40N2O3.